The zero-order chi connectivity index (χ0) is 27.4. The summed E-state index contributed by atoms with van der Waals surface area (Å²) in [6.07, 6.45) is 20.8. The molecule has 0 radical (unpaired) electrons. The predicted molar refractivity (Wildman–Crippen MR) is 157 cm³/mol. The van der Waals surface area contributed by atoms with Gasteiger partial charge in [-0.1, -0.05) is 24.3 Å². The van der Waals surface area contributed by atoms with E-state index in [4.69, 9.17) is 9.47 Å². The first-order valence-corrected chi connectivity index (χ1v) is 14.1. The van der Waals surface area contributed by atoms with Gasteiger partial charge in [0.15, 0.2) is 5.78 Å². The van der Waals surface area contributed by atoms with Crippen molar-refractivity contribution in [1.29, 1.82) is 0 Å². The van der Waals surface area contributed by atoms with Crippen LogP contribution in [0, 0.1) is 0 Å². The molecular weight excluding hydrogens is 500 g/mol. The molecule has 0 amide bonds. The molecule has 0 unspecified atom stereocenters. The Labute approximate surface area is 235 Å². The van der Waals surface area contributed by atoms with Crippen molar-refractivity contribution in [1.82, 2.24) is 19.1 Å². The first-order valence-electron chi connectivity index (χ1n) is 14.1. The Kier molecular flexibility index (Phi) is 9.60. The number of nitrogens with zero attached hydrogens (tertiary/aromatic N) is 4. The second kappa shape index (κ2) is 14.1. The summed E-state index contributed by atoms with van der Waals surface area (Å²) in [6, 6.07) is 15.9. The molecule has 0 spiro atoms. The first kappa shape index (κ1) is 27.2. The molecule has 4 aromatic rings. The number of unbranched alkanes of at least 4 members (excludes halogenated alkanes) is 2. The monoisotopic (exact) mass is 536 g/mol. The van der Waals surface area contributed by atoms with Crippen molar-refractivity contribution in [3.63, 3.8) is 0 Å². The van der Waals surface area contributed by atoms with E-state index in [1.54, 1.807) is 12.4 Å². The average Bonchev–Trinajstić information content (AvgIpc) is 3.76. The summed E-state index contributed by atoms with van der Waals surface area (Å²) >= 11 is 0. The minimum absolute atomic E-state index is 0.136. The van der Waals surface area contributed by atoms with E-state index < -0.39 is 0 Å². The van der Waals surface area contributed by atoms with Crippen LogP contribution in [0.15, 0.2) is 97.1 Å². The average molecular weight is 537 g/mol. The number of benzene rings is 2. The molecule has 1 aliphatic rings. The topological polar surface area (TPSA) is 71.2 Å². The van der Waals surface area contributed by atoms with Gasteiger partial charge in [-0.25, -0.2) is 9.97 Å². The van der Waals surface area contributed by atoms with Gasteiger partial charge >= 0.3 is 0 Å². The van der Waals surface area contributed by atoms with Crippen LogP contribution in [-0.4, -0.2) is 38.1 Å². The van der Waals surface area contributed by atoms with Gasteiger partial charge in [0.25, 0.3) is 0 Å². The van der Waals surface area contributed by atoms with Crippen LogP contribution in [0.4, 0.5) is 0 Å². The number of allylic oxidation sites excluding steroid dienone is 2. The maximum absolute atomic E-state index is 13.0. The minimum atomic E-state index is 0.136. The molecule has 1 saturated carbocycles. The molecule has 0 saturated heterocycles. The van der Waals surface area contributed by atoms with E-state index in [-0.39, 0.29) is 5.78 Å². The number of aryl methyl sites for hydroxylation is 2. The molecule has 7 heteroatoms. The van der Waals surface area contributed by atoms with E-state index in [0.29, 0.717) is 13.2 Å². The lowest BCUT2D eigenvalue weighted by molar-refractivity contribution is -0.111. The summed E-state index contributed by atoms with van der Waals surface area (Å²) < 4.78 is 15.9. The highest BCUT2D eigenvalue weighted by atomic mass is 16.5. The lowest BCUT2D eigenvalue weighted by Crippen LogP contribution is -2.01. The van der Waals surface area contributed by atoms with E-state index in [1.807, 2.05) is 85.7 Å². The van der Waals surface area contributed by atoms with Crippen molar-refractivity contribution < 1.29 is 14.3 Å². The number of carbonyl (C=O) groups is 1. The number of carbonyl (C=O) groups excluding carboxylic acids is 1. The van der Waals surface area contributed by atoms with Crippen LogP contribution >= 0.6 is 0 Å². The molecule has 1 aliphatic carbocycles. The highest BCUT2D eigenvalue weighted by molar-refractivity contribution is 6.15. The molecule has 206 valence electrons. The number of ketones is 1. The number of aromatic nitrogens is 4. The number of imidazole rings is 2. The Bertz CT molecular complexity index is 1280. The summed E-state index contributed by atoms with van der Waals surface area (Å²) in [5, 5.41) is 0. The highest BCUT2D eigenvalue weighted by Crippen LogP contribution is 2.30. The van der Waals surface area contributed by atoms with E-state index in [1.165, 1.54) is 0 Å². The molecule has 2 aromatic carbocycles. The predicted octanol–water partition coefficient (Wildman–Crippen LogP) is 6.63. The van der Waals surface area contributed by atoms with Crippen LogP contribution in [-0.2, 0) is 17.9 Å². The Morgan fingerprint density at radius 2 is 1.10 bits per heavy atom. The standard InChI is InChI=1S/C33H36N4O3/c38-33-29(23-27-5-11-31(12-6-27)39-21-3-1-17-36-19-15-34-25-36)9-10-30(33)24-28-7-13-32(14-8-28)40-22-4-2-18-37-20-16-35-26-37/h5-8,11-16,19-20,23-26H,1-4,9-10,17-18,21-22H2/b29-23+,30-24+. The molecule has 0 bridgehead atoms. The third-order valence-corrected chi connectivity index (χ3v) is 6.97. The molecule has 40 heavy (non-hydrogen) atoms. The van der Waals surface area contributed by atoms with E-state index in [9.17, 15) is 4.79 Å². The van der Waals surface area contributed by atoms with Gasteiger partial charge in [0.05, 0.1) is 25.9 Å². The Balaban J connectivity index is 1.05. The fourth-order valence-electron chi connectivity index (χ4n) is 4.71. The maximum Gasteiger partial charge on any atom is 0.185 e. The quantitative estimate of drug-likeness (QED) is 0.134. The minimum Gasteiger partial charge on any atom is -0.494 e. The fourth-order valence-corrected chi connectivity index (χ4v) is 4.71. The second-order valence-corrected chi connectivity index (χ2v) is 10.0. The van der Waals surface area contributed by atoms with Crippen LogP contribution in [0.1, 0.15) is 49.7 Å². The number of rotatable bonds is 14. The largest absolute Gasteiger partial charge is 0.494 e. The van der Waals surface area contributed by atoms with Crippen molar-refractivity contribution in [3.05, 3.63) is 108 Å². The second-order valence-electron chi connectivity index (χ2n) is 10.0. The summed E-state index contributed by atoms with van der Waals surface area (Å²) in [4.78, 5) is 21.1. The maximum atomic E-state index is 13.0. The zero-order valence-corrected chi connectivity index (χ0v) is 22.8. The molecular formula is C33H36N4O3. The number of hydrogen-bond acceptors (Lipinski definition) is 5. The third kappa shape index (κ3) is 8.06. The highest BCUT2D eigenvalue weighted by Gasteiger charge is 2.22. The molecule has 0 N–H and O–H groups in total. The first-order chi connectivity index (χ1) is 19.7. The summed E-state index contributed by atoms with van der Waals surface area (Å²) in [5.74, 6) is 1.84. The van der Waals surface area contributed by atoms with Gasteiger partial charge in [0, 0.05) is 49.0 Å². The van der Waals surface area contributed by atoms with Crippen molar-refractivity contribution in [2.24, 2.45) is 0 Å². The lowest BCUT2D eigenvalue weighted by atomic mass is 10.1. The van der Waals surface area contributed by atoms with Gasteiger partial charge in [-0.2, -0.15) is 0 Å². The zero-order valence-electron chi connectivity index (χ0n) is 22.8. The molecule has 0 atom stereocenters. The Morgan fingerprint density at radius 1 is 0.650 bits per heavy atom. The van der Waals surface area contributed by atoms with Gasteiger partial charge < -0.3 is 18.6 Å². The van der Waals surface area contributed by atoms with Crippen molar-refractivity contribution >= 4 is 17.9 Å². The smallest absolute Gasteiger partial charge is 0.185 e. The van der Waals surface area contributed by atoms with Gasteiger partial charge in [0.1, 0.15) is 11.5 Å². The van der Waals surface area contributed by atoms with Crippen LogP contribution in [0.2, 0.25) is 0 Å². The van der Waals surface area contributed by atoms with E-state index >= 15 is 0 Å². The Hall–Kier alpha value is -4.39. The van der Waals surface area contributed by atoms with Crippen LogP contribution < -0.4 is 9.47 Å². The van der Waals surface area contributed by atoms with Crippen molar-refractivity contribution in [2.75, 3.05) is 13.2 Å². The SMILES string of the molecule is O=C1/C(=C/c2ccc(OCCCCn3ccnc3)cc2)CC/C1=C\c1ccc(OCCCCn2ccnc2)cc1. The van der Waals surface area contributed by atoms with Gasteiger partial charge in [-0.15, -0.1) is 0 Å². The van der Waals surface area contributed by atoms with Gasteiger partial charge in [-0.3, -0.25) is 4.79 Å². The molecule has 1 fully saturated rings. The number of hydrogen-bond donors (Lipinski definition) is 0. The van der Waals surface area contributed by atoms with E-state index in [0.717, 1.165) is 85.4 Å². The molecule has 7 nitrogen and oxygen atoms in total. The molecule has 2 aromatic heterocycles. The van der Waals surface area contributed by atoms with E-state index in [2.05, 4.69) is 19.1 Å². The molecule has 2 heterocycles. The number of Topliss-reactive ketones (excluding diaryl/α,β-unsaturated/α-hetero) is 1. The van der Waals surface area contributed by atoms with Gasteiger partial charge in [0.2, 0.25) is 0 Å². The van der Waals surface area contributed by atoms with Crippen molar-refractivity contribution in [3.8, 4) is 11.5 Å². The molecule has 5 rings (SSSR count). The Morgan fingerprint density at radius 3 is 1.50 bits per heavy atom. The third-order valence-electron chi connectivity index (χ3n) is 6.97. The summed E-state index contributed by atoms with van der Waals surface area (Å²) in [5.41, 5.74) is 3.75. The fraction of sp³-hybridized carbons (Fsp3) is 0.303. The van der Waals surface area contributed by atoms with Gasteiger partial charge in [-0.05, 0) is 86.1 Å². The van der Waals surface area contributed by atoms with Crippen LogP contribution in [0.25, 0.3) is 12.2 Å². The summed E-state index contributed by atoms with van der Waals surface area (Å²) in [6.45, 7) is 3.27. The molecule has 0 aliphatic heterocycles. The lowest BCUT2D eigenvalue weighted by Gasteiger charge is -2.07. The number of ether oxygens (including phenoxy) is 2. The van der Waals surface area contributed by atoms with Crippen molar-refractivity contribution in [2.45, 2.75) is 51.6 Å². The summed E-state index contributed by atoms with van der Waals surface area (Å²) in [7, 11) is 0. The normalized spacial score (nSPS) is 15.2. The van der Waals surface area contributed by atoms with Crippen LogP contribution in [0.3, 0.4) is 0 Å². The van der Waals surface area contributed by atoms with Crippen LogP contribution in [0.5, 0.6) is 11.5 Å².